The van der Waals surface area contributed by atoms with E-state index in [9.17, 15) is 8.42 Å². The van der Waals surface area contributed by atoms with Gasteiger partial charge in [-0.25, -0.2) is 13.1 Å². The predicted molar refractivity (Wildman–Crippen MR) is 81.9 cm³/mol. The number of terminal acetylenes is 1. The third-order valence-electron chi connectivity index (χ3n) is 2.31. The van der Waals surface area contributed by atoms with Crippen LogP contribution in [0.1, 0.15) is 5.56 Å². The molecule has 0 spiro atoms. The van der Waals surface area contributed by atoms with Crippen LogP contribution in [0.4, 0.5) is 5.69 Å². The number of benzene rings is 1. The summed E-state index contributed by atoms with van der Waals surface area (Å²) in [5, 5.41) is 0.348. The van der Waals surface area contributed by atoms with Crippen LogP contribution in [0.3, 0.4) is 0 Å². The minimum Gasteiger partial charge on any atom is -0.397 e. The van der Waals surface area contributed by atoms with Gasteiger partial charge in [0.05, 0.1) is 21.4 Å². The molecule has 0 saturated heterocycles. The number of rotatable bonds is 6. The second-order valence-electron chi connectivity index (χ2n) is 3.79. The zero-order chi connectivity index (χ0) is 14.5. The average Bonchev–Trinajstić information content (AvgIpc) is 2.33. The molecule has 0 heterocycles. The number of nitrogens with two attached hydrogens (primary N) is 1. The maximum absolute atomic E-state index is 12.1. The lowest BCUT2D eigenvalue weighted by molar-refractivity contribution is 0.583. The molecule has 0 bridgehead atoms. The summed E-state index contributed by atoms with van der Waals surface area (Å²) in [5.41, 5.74) is 6.43. The largest absolute Gasteiger partial charge is 0.397 e. The van der Waals surface area contributed by atoms with Crippen LogP contribution in [0.5, 0.6) is 0 Å². The molecule has 0 saturated carbocycles. The Labute approximate surface area is 123 Å². The van der Waals surface area contributed by atoms with Crippen LogP contribution in [0.25, 0.3) is 0 Å². The van der Waals surface area contributed by atoms with Crippen molar-refractivity contribution >= 4 is 39.1 Å². The highest BCUT2D eigenvalue weighted by Crippen LogP contribution is 2.25. The van der Waals surface area contributed by atoms with E-state index in [-0.39, 0.29) is 10.6 Å². The van der Waals surface area contributed by atoms with Crippen molar-refractivity contribution in [2.24, 2.45) is 0 Å². The molecule has 0 aliphatic rings. The van der Waals surface area contributed by atoms with Crippen molar-refractivity contribution in [1.29, 1.82) is 0 Å². The first-order valence-electron chi connectivity index (χ1n) is 5.45. The lowest BCUT2D eigenvalue weighted by Gasteiger charge is -2.10. The summed E-state index contributed by atoms with van der Waals surface area (Å²) in [6, 6.07) is 2.91. The van der Waals surface area contributed by atoms with E-state index >= 15 is 0 Å². The number of nitrogen functional groups attached to an aromatic ring is 1. The number of aryl methyl sites for hydroxylation is 1. The molecule has 0 aliphatic carbocycles. The van der Waals surface area contributed by atoms with Gasteiger partial charge in [-0.3, -0.25) is 0 Å². The second-order valence-corrected chi connectivity index (χ2v) is 7.04. The first-order chi connectivity index (χ1) is 8.88. The summed E-state index contributed by atoms with van der Waals surface area (Å²) in [6.45, 7) is 1.99. The fraction of sp³-hybridized carbons (Fsp3) is 0.333. The van der Waals surface area contributed by atoms with Crippen LogP contribution in [-0.2, 0) is 10.0 Å². The van der Waals surface area contributed by atoms with E-state index in [2.05, 4.69) is 10.6 Å². The normalized spacial score (nSPS) is 11.2. The Balaban J connectivity index is 2.78. The molecule has 0 atom stereocenters. The van der Waals surface area contributed by atoms with E-state index in [1.165, 1.54) is 17.8 Å². The SMILES string of the molecule is C#CCSCCNS(=O)(=O)c1cc(N)c(Cl)cc1C. The average molecular weight is 319 g/mol. The summed E-state index contributed by atoms with van der Waals surface area (Å²) in [7, 11) is -3.57. The van der Waals surface area contributed by atoms with Crippen LogP contribution in [-0.4, -0.2) is 26.5 Å². The van der Waals surface area contributed by atoms with Gasteiger partial charge in [-0.05, 0) is 24.6 Å². The van der Waals surface area contributed by atoms with Crippen LogP contribution in [0.15, 0.2) is 17.0 Å². The van der Waals surface area contributed by atoms with Gasteiger partial charge in [0.2, 0.25) is 10.0 Å². The Morgan fingerprint density at radius 1 is 1.53 bits per heavy atom. The molecule has 0 unspecified atom stereocenters. The standard InChI is InChI=1S/C12H15ClN2O2S2/c1-3-5-18-6-4-15-19(16,17)12-8-11(14)10(13)7-9(12)2/h1,7-8,15H,4-6,14H2,2H3. The number of hydrogen-bond donors (Lipinski definition) is 2. The van der Waals surface area contributed by atoms with E-state index in [4.69, 9.17) is 23.8 Å². The molecule has 1 aromatic rings. The molecule has 0 aliphatic heterocycles. The lowest BCUT2D eigenvalue weighted by atomic mass is 10.2. The lowest BCUT2D eigenvalue weighted by Crippen LogP contribution is -2.26. The third-order valence-corrected chi connectivity index (χ3v) is 5.10. The fourth-order valence-corrected chi connectivity index (χ4v) is 3.56. The van der Waals surface area contributed by atoms with Crippen molar-refractivity contribution in [2.75, 3.05) is 23.8 Å². The van der Waals surface area contributed by atoms with Crippen molar-refractivity contribution in [3.8, 4) is 12.3 Å². The minimum absolute atomic E-state index is 0.149. The second kappa shape index (κ2) is 7.06. The van der Waals surface area contributed by atoms with Crippen molar-refractivity contribution < 1.29 is 8.42 Å². The summed E-state index contributed by atoms with van der Waals surface area (Å²) in [4.78, 5) is 0.149. The van der Waals surface area contributed by atoms with Gasteiger partial charge >= 0.3 is 0 Å². The monoisotopic (exact) mass is 318 g/mol. The van der Waals surface area contributed by atoms with Gasteiger partial charge in [0.15, 0.2) is 0 Å². The highest BCUT2D eigenvalue weighted by atomic mass is 35.5. The maximum atomic E-state index is 12.1. The molecule has 1 aromatic carbocycles. The van der Waals surface area contributed by atoms with Crippen molar-refractivity contribution in [1.82, 2.24) is 4.72 Å². The van der Waals surface area contributed by atoms with Gasteiger partial charge in [-0.1, -0.05) is 17.5 Å². The van der Waals surface area contributed by atoms with E-state index in [0.29, 0.717) is 28.6 Å². The number of anilines is 1. The van der Waals surface area contributed by atoms with Crippen LogP contribution >= 0.6 is 23.4 Å². The van der Waals surface area contributed by atoms with Crippen LogP contribution in [0, 0.1) is 19.3 Å². The summed E-state index contributed by atoms with van der Waals surface area (Å²) >= 11 is 7.33. The number of thioether (sulfide) groups is 1. The number of sulfonamides is 1. The molecule has 3 N–H and O–H groups in total. The molecule has 19 heavy (non-hydrogen) atoms. The Morgan fingerprint density at radius 2 is 2.21 bits per heavy atom. The fourth-order valence-electron chi connectivity index (χ4n) is 1.42. The highest BCUT2D eigenvalue weighted by Gasteiger charge is 2.17. The minimum atomic E-state index is -3.57. The molecule has 0 radical (unpaired) electrons. The van der Waals surface area contributed by atoms with E-state index in [0.717, 1.165) is 0 Å². The number of halogens is 1. The Kier molecular flexibility index (Phi) is 6.01. The summed E-state index contributed by atoms with van der Waals surface area (Å²) in [5.74, 6) is 3.66. The van der Waals surface area contributed by atoms with Crippen molar-refractivity contribution in [3.63, 3.8) is 0 Å². The van der Waals surface area contributed by atoms with Crippen molar-refractivity contribution in [3.05, 3.63) is 22.7 Å². The van der Waals surface area contributed by atoms with Gasteiger partial charge in [0.25, 0.3) is 0 Å². The summed E-state index contributed by atoms with van der Waals surface area (Å²) < 4.78 is 26.7. The van der Waals surface area contributed by atoms with E-state index < -0.39 is 10.0 Å². The van der Waals surface area contributed by atoms with Gasteiger partial charge in [0, 0.05) is 12.3 Å². The molecule has 7 heteroatoms. The first-order valence-corrected chi connectivity index (χ1v) is 8.46. The molecule has 4 nitrogen and oxygen atoms in total. The molecule has 104 valence electrons. The maximum Gasteiger partial charge on any atom is 0.240 e. The first kappa shape index (κ1) is 16.2. The summed E-state index contributed by atoms with van der Waals surface area (Å²) in [6.07, 6.45) is 5.10. The molecule has 0 aromatic heterocycles. The van der Waals surface area contributed by atoms with E-state index in [1.807, 2.05) is 0 Å². The van der Waals surface area contributed by atoms with Gasteiger partial charge in [-0.15, -0.1) is 18.2 Å². The molecular formula is C12H15ClN2O2S2. The molecule has 0 amide bonds. The smallest absolute Gasteiger partial charge is 0.240 e. The predicted octanol–water partition coefficient (Wildman–Crippen LogP) is 1.88. The third kappa shape index (κ3) is 4.62. The van der Waals surface area contributed by atoms with Gasteiger partial charge < -0.3 is 5.73 Å². The molecule has 1 rings (SSSR count). The van der Waals surface area contributed by atoms with E-state index in [1.54, 1.807) is 13.0 Å². The topological polar surface area (TPSA) is 72.2 Å². The molecular weight excluding hydrogens is 304 g/mol. The Bertz CT molecular complexity index is 594. The number of hydrogen-bond acceptors (Lipinski definition) is 4. The van der Waals surface area contributed by atoms with Crippen LogP contribution < -0.4 is 10.5 Å². The van der Waals surface area contributed by atoms with Crippen molar-refractivity contribution in [2.45, 2.75) is 11.8 Å². The Hall–Kier alpha value is -0.870. The zero-order valence-electron chi connectivity index (χ0n) is 10.4. The Morgan fingerprint density at radius 3 is 2.84 bits per heavy atom. The van der Waals surface area contributed by atoms with Gasteiger partial charge in [-0.2, -0.15) is 0 Å². The molecule has 0 fully saturated rings. The van der Waals surface area contributed by atoms with Gasteiger partial charge in [0.1, 0.15) is 0 Å². The quantitative estimate of drug-likeness (QED) is 0.477. The number of nitrogens with one attached hydrogen (secondary N) is 1. The highest BCUT2D eigenvalue weighted by molar-refractivity contribution is 7.99. The van der Waals surface area contributed by atoms with Crippen LogP contribution in [0.2, 0.25) is 5.02 Å². The zero-order valence-corrected chi connectivity index (χ0v) is 12.8.